The highest BCUT2D eigenvalue weighted by molar-refractivity contribution is 8.54. The van der Waals surface area contributed by atoms with Crippen molar-refractivity contribution in [3.05, 3.63) is 23.8 Å². The molecule has 0 aliphatic carbocycles. The highest BCUT2D eigenvalue weighted by Crippen LogP contribution is 2.51. The minimum atomic E-state index is -3.99. The summed E-state index contributed by atoms with van der Waals surface area (Å²) in [6.07, 6.45) is 0. The first-order valence-corrected chi connectivity index (χ1v) is 7.89. The number of hydrogen-bond acceptors (Lipinski definition) is 5. The van der Waals surface area contributed by atoms with Gasteiger partial charge in [0.05, 0.1) is 11.7 Å². The zero-order chi connectivity index (χ0) is 10.9. The number of rotatable bonds is 3. The van der Waals surface area contributed by atoms with Crippen LogP contribution in [-0.4, -0.2) is 18.5 Å². The van der Waals surface area contributed by atoms with Gasteiger partial charge >= 0.3 is 6.80 Å². The SMILES string of the molecule is O=P(O)(O)SCc1ccc2nsnc2c1. The molecule has 1 aromatic heterocycles. The van der Waals surface area contributed by atoms with Crippen LogP contribution in [0.3, 0.4) is 0 Å². The Balaban J connectivity index is 2.18. The molecule has 0 atom stereocenters. The van der Waals surface area contributed by atoms with Crippen molar-refractivity contribution < 1.29 is 14.4 Å². The van der Waals surface area contributed by atoms with Gasteiger partial charge in [-0.2, -0.15) is 8.75 Å². The van der Waals surface area contributed by atoms with Gasteiger partial charge in [0.1, 0.15) is 11.0 Å². The van der Waals surface area contributed by atoms with Crippen molar-refractivity contribution in [2.75, 3.05) is 0 Å². The third-order valence-electron chi connectivity index (χ3n) is 1.72. The van der Waals surface area contributed by atoms with E-state index in [1.165, 1.54) is 0 Å². The second-order valence-corrected chi connectivity index (χ2v) is 7.11. The Hall–Kier alpha value is -0.460. The van der Waals surface area contributed by atoms with Gasteiger partial charge in [-0.15, -0.1) is 0 Å². The summed E-state index contributed by atoms with van der Waals surface area (Å²) in [5, 5.41) is 0. The monoisotopic (exact) mass is 262 g/mol. The van der Waals surface area contributed by atoms with Crippen LogP contribution in [0.4, 0.5) is 0 Å². The molecule has 0 saturated heterocycles. The molecule has 15 heavy (non-hydrogen) atoms. The Morgan fingerprint density at radius 1 is 1.33 bits per heavy atom. The summed E-state index contributed by atoms with van der Waals surface area (Å²) in [5.74, 6) is 0.276. The summed E-state index contributed by atoms with van der Waals surface area (Å²) in [6.45, 7) is -3.99. The smallest absolute Gasteiger partial charge is 0.317 e. The van der Waals surface area contributed by atoms with E-state index in [2.05, 4.69) is 8.75 Å². The Morgan fingerprint density at radius 2 is 2.07 bits per heavy atom. The summed E-state index contributed by atoms with van der Waals surface area (Å²) in [4.78, 5) is 17.4. The zero-order valence-corrected chi connectivity index (χ0v) is 9.93. The fraction of sp³-hybridized carbons (Fsp3) is 0.143. The molecule has 2 aromatic rings. The van der Waals surface area contributed by atoms with Gasteiger partial charge in [0.15, 0.2) is 0 Å². The van der Waals surface area contributed by atoms with Crippen molar-refractivity contribution in [3.63, 3.8) is 0 Å². The van der Waals surface area contributed by atoms with E-state index in [-0.39, 0.29) is 5.75 Å². The normalized spacial score (nSPS) is 12.1. The van der Waals surface area contributed by atoms with Gasteiger partial charge < -0.3 is 9.79 Å². The second kappa shape index (κ2) is 4.19. The largest absolute Gasteiger partial charge is 0.384 e. The highest BCUT2D eigenvalue weighted by atomic mass is 32.7. The van der Waals surface area contributed by atoms with E-state index in [0.717, 1.165) is 28.3 Å². The minimum absolute atomic E-state index is 0.276. The number of nitrogens with zero attached hydrogens (tertiary/aromatic N) is 2. The van der Waals surface area contributed by atoms with Gasteiger partial charge in [0.2, 0.25) is 0 Å². The number of aromatic nitrogens is 2. The third kappa shape index (κ3) is 2.99. The average Bonchev–Trinajstić information content (AvgIpc) is 2.60. The first-order chi connectivity index (χ1) is 7.04. The molecule has 80 valence electrons. The highest BCUT2D eigenvalue weighted by Gasteiger charge is 2.13. The Labute approximate surface area is 93.8 Å². The molecule has 1 aromatic carbocycles. The maximum absolute atomic E-state index is 10.6. The number of hydrogen-bond donors (Lipinski definition) is 2. The van der Waals surface area contributed by atoms with E-state index in [4.69, 9.17) is 9.79 Å². The molecule has 0 aliphatic rings. The van der Waals surface area contributed by atoms with Crippen LogP contribution in [-0.2, 0) is 10.3 Å². The molecule has 8 heteroatoms. The fourth-order valence-corrected chi connectivity index (χ4v) is 3.04. The van der Waals surface area contributed by atoms with Gasteiger partial charge in [-0.3, -0.25) is 0 Å². The maximum Gasteiger partial charge on any atom is 0.384 e. The van der Waals surface area contributed by atoms with E-state index in [9.17, 15) is 4.57 Å². The predicted molar refractivity (Wildman–Crippen MR) is 60.8 cm³/mol. The molecule has 1 heterocycles. The Morgan fingerprint density at radius 3 is 2.80 bits per heavy atom. The molecule has 0 spiro atoms. The Bertz CT molecular complexity index is 524. The molecular weight excluding hydrogens is 255 g/mol. The summed E-state index contributed by atoms with van der Waals surface area (Å²) in [6, 6.07) is 5.39. The summed E-state index contributed by atoms with van der Waals surface area (Å²) < 4.78 is 18.7. The third-order valence-corrected chi connectivity index (χ3v) is 4.47. The molecule has 2 rings (SSSR count). The first-order valence-electron chi connectivity index (χ1n) is 3.96. The van der Waals surface area contributed by atoms with Crippen LogP contribution in [0, 0.1) is 0 Å². The van der Waals surface area contributed by atoms with Gasteiger partial charge in [0, 0.05) is 5.75 Å². The van der Waals surface area contributed by atoms with Gasteiger partial charge in [-0.1, -0.05) is 6.07 Å². The molecular formula is C7H7N2O3PS2. The van der Waals surface area contributed by atoms with Crippen LogP contribution >= 0.6 is 29.9 Å². The lowest BCUT2D eigenvalue weighted by Gasteiger charge is -2.02. The number of fused-ring (bicyclic) bond motifs is 1. The maximum atomic E-state index is 10.6. The molecule has 0 radical (unpaired) electrons. The lowest BCUT2D eigenvalue weighted by atomic mass is 10.2. The molecule has 0 fully saturated rings. The van der Waals surface area contributed by atoms with Crippen LogP contribution in [0.1, 0.15) is 5.56 Å². The lowest BCUT2D eigenvalue weighted by Crippen LogP contribution is -1.81. The quantitative estimate of drug-likeness (QED) is 0.823. The van der Waals surface area contributed by atoms with E-state index in [1.807, 2.05) is 0 Å². The fourth-order valence-electron chi connectivity index (χ4n) is 1.08. The first kappa shape index (κ1) is 11.0. The van der Waals surface area contributed by atoms with Gasteiger partial charge in [-0.05, 0) is 29.1 Å². The van der Waals surface area contributed by atoms with Crippen molar-refractivity contribution in [2.24, 2.45) is 0 Å². The van der Waals surface area contributed by atoms with E-state index < -0.39 is 6.80 Å². The summed E-state index contributed by atoms with van der Waals surface area (Å²) in [7, 11) is 0. The topological polar surface area (TPSA) is 83.3 Å². The van der Waals surface area contributed by atoms with Crippen LogP contribution < -0.4 is 0 Å². The van der Waals surface area contributed by atoms with Crippen molar-refractivity contribution in [2.45, 2.75) is 5.75 Å². The molecule has 5 nitrogen and oxygen atoms in total. The standard InChI is InChI=1S/C7H7N2O3PS2/c10-13(11,12)14-4-5-1-2-6-7(3-5)9-15-8-6/h1-3H,4H2,(H2,10,11,12). The van der Waals surface area contributed by atoms with E-state index in [1.54, 1.807) is 18.2 Å². The average molecular weight is 262 g/mol. The van der Waals surface area contributed by atoms with Crippen LogP contribution in [0.25, 0.3) is 11.0 Å². The van der Waals surface area contributed by atoms with Crippen molar-refractivity contribution >= 4 is 40.9 Å². The summed E-state index contributed by atoms with van der Waals surface area (Å²) >= 11 is 1.74. The molecule has 0 bridgehead atoms. The molecule has 0 saturated carbocycles. The molecule has 0 unspecified atom stereocenters. The van der Waals surface area contributed by atoms with Crippen LogP contribution in [0.2, 0.25) is 0 Å². The van der Waals surface area contributed by atoms with E-state index in [0.29, 0.717) is 11.4 Å². The van der Waals surface area contributed by atoms with E-state index >= 15 is 0 Å². The number of benzene rings is 1. The predicted octanol–water partition coefficient (Wildman–Crippen LogP) is 2.02. The van der Waals surface area contributed by atoms with Gasteiger partial charge in [-0.25, -0.2) is 4.57 Å². The Kier molecular flexibility index (Phi) is 3.08. The molecule has 0 aliphatic heterocycles. The minimum Gasteiger partial charge on any atom is -0.317 e. The van der Waals surface area contributed by atoms with Crippen LogP contribution in [0.15, 0.2) is 18.2 Å². The second-order valence-electron chi connectivity index (χ2n) is 2.85. The molecule has 2 N–H and O–H groups in total. The van der Waals surface area contributed by atoms with Crippen molar-refractivity contribution in [1.82, 2.24) is 8.75 Å². The molecule has 0 amide bonds. The van der Waals surface area contributed by atoms with Crippen molar-refractivity contribution in [3.8, 4) is 0 Å². The van der Waals surface area contributed by atoms with Crippen LogP contribution in [0.5, 0.6) is 0 Å². The summed E-state index contributed by atoms with van der Waals surface area (Å²) in [5.41, 5.74) is 2.41. The van der Waals surface area contributed by atoms with Crippen molar-refractivity contribution in [1.29, 1.82) is 0 Å². The zero-order valence-electron chi connectivity index (χ0n) is 7.40. The lowest BCUT2D eigenvalue weighted by molar-refractivity contribution is 0.397. The van der Waals surface area contributed by atoms with Gasteiger partial charge in [0.25, 0.3) is 0 Å².